The minimum atomic E-state index is -3.44. The number of rotatable bonds is 3. The lowest BCUT2D eigenvalue weighted by Crippen LogP contribution is -2.23. The Hall–Kier alpha value is -1.99. The van der Waals surface area contributed by atoms with Crippen LogP contribution in [0.4, 0.5) is 5.69 Å². The fourth-order valence-corrected chi connectivity index (χ4v) is 4.11. The minimum Gasteiger partial charge on any atom is -0.470 e. The quantitative estimate of drug-likeness (QED) is 0.847. The van der Waals surface area contributed by atoms with Gasteiger partial charge < -0.3 is 10.1 Å². The van der Waals surface area contributed by atoms with E-state index in [-0.39, 0.29) is 16.1 Å². The van der Waals surface area contributed by atoms with Crippen molar-refractivity contribution < 1.29 is 13.2 Å². The predicted molar refractivity (Wildman–Crippen MR) is 96.8 cm³/mol. The van der Waals surface area contributed by atoms with Crippen LogP contribution in [-0.4, -0.2) is 25.2 Å². The molecule has 7 heteroatoms. The summed E-state index contributed by atoms with van der Waals surface area (Å²) in [7, 11) is -3.44. The molecule has 1 aliphatic rings. The van der Waals surface area contributed by atoms with Gasteiger partial charge in [-0.3, -0.25) is 4.98 Å². The summed E-state index contributed by atoms with van der Waals surface area (Å²) in [6.45, 7) is 4.52. The molecule has 0 unspecified atom stereocenters. The maximum atomic E-state index is 12.5. The summed E-state index contributed by atoms with van der Waals surface area (Å²) in [4.78, 5) is 4.11. The van der Waals surface area contributed by atoms with E-state index in [1.165, 1.54) is 6.20 Å². The number of benzene rings is 1. The van der Waals surface area contributed by atoms with Gasteiger partial charge in [-0.1, -0.05) is 26.0 Å². The molecule has 24 heavy (non-hydrogen) atoms. The lowest BCUT2D eigenvalue weighted by Gasteiger charge is -2.24. The van der Waals surface area contributed by atoms with Gasteiger partial charge in [-0.25, -0.2) is 8.42 Å². The molecule has 126 valence electrons. The van der Waals surface area contributed by atoms with Crippen molar-refractivity contribution in [3.8, 4) is 0 Å². The van der Waals surface area contributed by atoms with Crippen LogP contribution in [0.5, 0.6) is 0 Å². The van der Waals surface area contributed by atoms with Crippen LogP contribution in [0.3, 0.4) is 0 Å². The number of nitrogens with zero attached hydrogens (tertiary/aromatic N) is 1. The van der Waals surface area contributed by atoms with E-state index < -0.39 is 9.84 Å². The fourth-order valence-electron chi connectivity index (χ4n) is 2.65. The van der Waals surface area contributed by atoms with E-state index in [0.29, 0.717) is 11.8 Å². The van der Waals surface area contributed by atoms with Crippen molar-refractivity contribution in [1.29, 1.82) is 0 Å². The Morgan fingerprint density at radius 3 is 2.83 bits per heavy atom. The highest BCUT2D eigenvalue weighted by atomic mass is 32.2. The van der Waals surface area contributed by atoms with Crippen molar-refractivity contribution in [3.05, 3.63) is 53.9 Å². The highest BCUT2D eigenvalue weighted by Gasteiger charge is 2.29. The molecule has 0 saturated heterocycles. The number of sulfone groups is 1. The largest absolute Gasteiger partial charge is 0.470 e. The number of pyridine rings is 1. The summed E-state index contributed by atoms with van der Waals surface area (Å²) in [6, 6.07) is 8.74. The summed E-state index contributed by atoms with van der Waals surface area (Å²) >= 11 is 5.12. The maximum Gasteiger partial charge on any atom is 0.261 e. The molecule has 0 saturated carbocycles. The first-order valence-corrected chi connectivity index (χ1v) is 9.54. The highest BCUT2D eigenvalue weighted by molar-refractivity contribution is 7.90. The standard InChI is InChI=1S/C17H18N2O3S2/c1-17(2)11-22-16(23)19-15-6-5-12(8-14(15)17)10-24(20,21)13-4-3-7-18-9-13/h3-9H,10-11H2,1-2H3,(H,19,23). The van der Waals surface area contributed by atoms with E-state index in [1.54, 1.807) is 24.4 Å². The Morgan fingerprint density at radius 1 is 1.33 bits per heavy atom. The Morgan fingerprint density at radius 2 is 2.12 bits per heavy atom. The fraction of sp³-hybridized carbons (Fsp3) is 0.294. The van der Waals surface area contributed by atoms with Crippen LogP contribution in [0.2, 0.25) is 0 Å². The van der Waals surface area contributed by atoms with Gasteiger partial charge in [0.1, 0.15) is 0 Å². The second-order valence-electron chi connectivity index (χ2n) is 6.41. The smallest absolute Gasteiger partial charge is 0.261 e. The number of anilines is 1. The van der Waals surface area contributed by atoms with Crippen molar-refractivity contribution in [2.75, 3.05) is 11.9 Å². The maximum absolute atomic E-state index is 12.5. The molecule has 1 aromatic carbocycles. The zero-order valence-corrected chi connectivity index (χ0v) is 15.1. The normalized spacial score (nSPS) is 16.5. The van der Waals surface area contributed by atoms with Crippen LogP contribution in [0.1, 0.15) is 25.0 Å². The first-order valence-electron chi connectivity index (χ1n) is 7.48. The summed E-state index contributed by atoms with van der Waals surface area (Å²) in [5, 5.41) is 3.38. The van der Waals surface area contributed by atoms with E-state index in [0.717, 1.165) is 16.8 Å². The van der Waals surface area contributed by atoms with Gasteiger partial charge in [0.05, 0.1) is 17.3 Å². The van der Waals surface area contributed by atoms with Crippen molar-refractivity contribution in [2.45, 2.75) is 29.9 Å². The molecule has 0 radical (unpaired) electrons. The van der Waals surface area contributed by atoms with Crippen LogP contribution in [0.25, 0.3) is 0 Å². The van der Waals surface area contributed by atoms with Crippen molar-refractivity contribution in [3.63, 3.8) is 0 Å². The molecule has 0 fully saturated rings. The lowest BCUT2D eigenvalue weighted by molar-refractivity contribution is 0.239. The molecule has 0 amide bonds. The molecule has 0 bridgehead atoms. The van der Waals surface area contributed by atoms with Crippen LogP contribution >= 0.6 is 12.2 Å². The van der Waals surface area contributed by atoms with Gasteiger partial charge in [-0.05, 0) is 41.5 Å². The monoisotopic (exact) mass is 362 g/mol. The van der Waals surface area contributed by atoms with Crippen LogP contribution in [0.15, 0.2) is 47.6 Å². The average molecular weight is 362 g/mol. The summed E-state index contributed by atoms with van der Waals surface area (Å²) in [6.07, 6.45) is 2.93. The van der Waals surface area contributed by atoms with Gasteiger partial charge in [-0.15, -0.1) is 0 Å². The van der Waals surface area contributed by atoms with E-state index in [1.807, 2.05) is 26.0 Å². The number of nitrogens with one attached hydrogen (secondary N) is 1. The molecule has 3 rings (SSSR count). The number of fused-ring (bicyclic) bond motifs is 1. The molecule has 2 heterocycles. The summed E-state index contributed by atoms with van der Waals surface area (Å²) < 4.78 is 30.6. The average Bonchev–Trinajstić information content (AvgIpc) is 2.65. The molecular weight excluding hydrogens is 344 g/mol. The predicted octanol–water partition coefficient (Wildman–Crippen LogP) is 3.06. The van der Waals surface area contributed by atoms with Gasteiger partial charge in [0, 0.05) is 23.5 Å². The second-order valence-corrected chi connectivity index (χ2v) is 8.77. The van der Waals surface area contributed by atoms with Crippen molar-refractivity contribution in [1.82, 2.24) is 4.98 Å². The first-order chi connectivity index (χ1) is 11.3. The van der Waals surface area contributed by atoms with Crippen LogP contribution in [0, 0.1) is 0 Å². The zero-order valence-electron chi connectivity index (χ0n) is 13.4. The number of hydrogen-bond acceptors (Lipinski definition) is 5. The lowest BCUT2D eigenvalue weighted by atomic mass is 9.84. The van der Waals surface area contributed by atoms with Crippen LogP contribution in [-0.2, 0) is 25.7 Å². The molecule has 0 spiro atoms. The molecule has 5 nitrogen and oxygen atoms in total. The van der Waals surface area contributed by atoms with E-state index >= 15 is 0 Å². The zero-order chi connectivity index (χ0) is 17.4. The number of hydrogen-bond donors (Lipinski definition) is 1. The van der Waals surface area contributed by atoms with Gasteiger partial charge in [-0.2, -0.15) is 0 Å². The molecule has 1 aliphatic heterocycles. The molecule has 0 aliphatic carbocycles. The van der Waals surface area contributed by atoms with E-state index in [4.69, 9.17) is 17.0 Å². The highest BCUT2D eigenvalue weighted by Crippen LogP contribution is 2.34. The molecule has 1 N–H and O–H groups in total. The topological polar surface area (TPSA) is 68.3 Å². The van der Waals surface area contributed by atoms with Crippen molar-refractivity contribution in [2.24, 2.45) is 0 Å². The number of thiocarbonyl (C=S) groups is 1. The Balaban J connectivity index is 1.97. The van der Waals surface area contributed by atoms with Crippen molar-refractivity contribution >= 4 is 32.9 Å². The SMILES string of the molecule is CC1(C)COC(=S)Nc2ccc(CS(=O)(=O)c3cccnc3)cc21. The first kappa shape index (κ1) is 16.9. The van der Waals surface area contributed by atoms with E-state index in [2.05, 4.69) is 10.3 Å². The van der Waals surface area contributed by atoms with Gasteiger partial charge >= 0.3 is 0 Å². The van der Waals surface area contributed by atoms with Gasteiger partial charge in [0.25, 0.3) is 5.17 Å². The Kier molecular flexibility index (Phi) is 4.31. The summed E-state index contributed by atoms with van der Waals surface area (Å²) in [5.41, 5.74) is 2.28. The third-order valence-corrected chi connectivity index (χ3v) is 5.86. The number of aromatic nitrogens is 1. The third-order valence-electron chi connectivity index (χ3n) is 3.96. The third kappa shape index (κ3) is 3.42. The second kappa shape index (κ2) is 6.14. The summed E-state index contributed by atoms with van der Waals surface area (Å²) in [5.74, 6) is -0.0760. The van der Waals surface area contributed by atoms with E-state index in [9.17, 15) is 8.42 Å². The molecule has 2 aromatic rings. The van der Waals surface area contributed by atoms with Gasteiger partial charge in [0.2, 0.25) is 0 Å². The molecule has 1 aromatic heterocycles. The Bertz CT molecular complexity index is 878. The Labute approximate surface area is 147 Å². The minimum absolute atomic E-state index is 0.0760. The number of ether oxygens (including phenoxy) is 1. The van der Waals surface area contributed by atoms with Gasteiger partial charge in [0.15, 0.2) is 9.84 Å². The molecule has 0 atom stereocenters. The molecular formula is C17H18N2O3S2. The van der Waals surface area contributed by atoms with Crippen LogP contribution < -0.4 is 5.32 Å².